The average molecular weight is 279 g/mol. The summed E-state index contributed by atoms with van der Waals surface area (Å²) in [5.74, 6) is -3.47. The van der Waals surface area contributed by atoms with Gasteiger partial charge in [0, 0.05) is 0 Å². The van der Waals surface area contributed by atoms with E-state index in [1.165, 1.54) is 6.08 Å². The second-order valence-electron chi connectivity index (χ2n) is 3.66. The number of esters is 1. The van der Waals surface area contributed by atoms with Crippen LogP contribution in [0.3, 0.4) is 0 Å². The Hall–Kier alpha value is -1.00. The Balaban J connectivity index is 2.79. The summed E-state index contributed by atoms with van der Waals surface area (Å²) < 4.78 is 2.94. The SMILES string of the molecule is C=CC(Cl)(Cl)OC(=O)C1C=CCCC1C(=O)O. The third-order valence-corrected chi connectivity index (χ3v) is 2.95. The van der Waals surface area contributed by atoms with E-state index in [1.807, 2.05) is 0 Å². The van der Waals surface area contributed by atoms with Gasteiger partial charge in [-0.05, 0) is 18.9 Å². The van der Waals surface area contributed by atoms with Gasteiger partial charge in [0.1, 0.15) is 0 Å². The molecular formula is C11H12Cl2O4. The van der Waals surface area contributed by atoms with Crippen LogP contribution in [0.1, 0.15) is 12.8 Å². The number of allylic oxidation sites excluding steroid dienone is 1. The highest BCUT2D eigenvalue weighted by atomic mass is 35.5. The summed E-state index contributed by atoms with van der Waals surface area (Å²) in [6, 6.07) is 0. The van der Waals surface area contributed by atoms with E-state index in [-0.39, 0.29) is 0 Å². The summed E-state index contributed by atoms with van der Waals surface area (Å²) >= 11 is 11.2. The molecule has 0 fully saturated rings. The molecule has 0 saturated heterocycles. The summed E-state index contributed by atoms with van der Waals surface area (Å²) in [7, 11) is 0. The normalized spacial score (nSPS) is 24.1. The van der Waals surface area contributed by atoms with E-state index in [4.69, 9.17) is 33.0 Å². The minimum Gasteiger partial charge on any atom is -0.481 e. The summed E-state index contributed by atoms with van der Waals surface area (Å²) in [6.07, 6.45) is 5.31. The van der Waals surface area contributed by atoms with Crippen molar-refractivity contribution in [3.63, 3.8) is 0 Å². The van der Waals surface area contributed by atoms with E-state index in [1.54, 1.807) is 6.08 Å². The Morgan fingerprint density at radius 1 is 1.53 bits per heavy atom. The Labute approximate surface area is 109 Å². The summed E-state index contributed by atoms with van der Waals surface area (Å²) in [5.41, 5.74) is 0. The van der Waals surface area contributed by atoms with Gasteiger partial charge in [-0.3, -0.25) is 9.59 Å². The molecule has 1 N–H and O–H groups in total. The number of hydrogen-bond acceptors (Lipinski definition) is 3. The maximum Gasteiger partial charge on any atom is 0.316 e. The molecule has 0 heterocycles. The zero-order valence-corrected chi connectivity index (χ0v) is 10.4. The molecule has 2 atom stereocenters. The number of carboxylic acid groups (broad SMARTS) is 1. The molecule has 0 aliphatic heterocycles. The molecule has 0 saturated carbocycles. The van der Waals surface area contributed by atoms with Gasteiger partial charge in [-0.1, -0.05) is 41.9 Å². The van der Waals surface area contributed by atoms with Crippen molar-refractivity contribution >= 4 is 35.1 Å². The molecule has 0 spiro atoms. The molecule has 2 unspecified atom stereocenters. The first-order valence-electron chi connectivity index (χ1n) is 5.01. The minimum atomic E-state index is -1.83. The van der Waals surface area contributed by atoms with E-state index in [0.29, 0.717) is 12.8 Å². The zero-order valence-electron chi connectivity index (χ0n) is 8.94. The third kappa shape index (κ3) is 3.75. The number of alkyl halides is 2. The van der Waals surface area contributed by atoms with Gasteiger partial charge in [-0.25, -0.2) is 0 Å². The highest BCUT2D eigenvalue weighted by Crippen LogP contribution is 2.30. The van der Waals surface area contributed by atoms with Crippen LogP contribution in [0, 0.1) is 11.8 Å². The second-order valence-corrected chi connectivity index (χ2v) is 4.98. The van der Waals surface area contributed by atoms with Gasteiger partial charge in [0.25, 0.3) is 4.52 Å². The van der Waals surface area contributed by atoms with Gasteiger partial charge in [0.15, 0.2) is 0 Å². The van der Waals surface area contributed by atoms with Crippen molar-refractivity contribution in [3.8, 4) is 0 Å². The monoisotopic (exact) mass is 278 g/mol. The van der Waals surface area contributed by atoms with Crippen LogP contribution in [0.25, 0.3) is 0 Å². The summed E-state index contributed by atoms with van der Waals surface area (Å²) in [5, 5.41) is 8.99. The van der Waals surface area contributed by atoms with Crippen LogP contribution in [0.4, 0.5) is 0 Å². The molecule has 0 radical (unpaired) electrons. The molecule has 1 rings (SSSR count). The lowest BCUT2D eigenvalue weighted by molar-refractivity contribution is -0.157. The smallest absolute Gasteiger partial charge is 0.316 e. The Kier molecular flexibility index (Phi) is 4.60. The number of hydrogen-bond donors (Lipinski definition) is 1. The van der Waals surface area contributed by atoms with Crippen LogP contribution in [-0.2, 0) is 14.3 Å². The maximum atomic E-state index is 11.7. The number of carboxylic acids is 1. The Bertz CT molecular complexity index is 362. The van der Waals surface area contributed by atoms with Crippen molar-refractivity contribution in [1.82, 2.24) is 0 Å². The van der Waals surface area contributed by atoms with Gasteiger partial charge in [-0.2, -0.15) is 0 Å². The highest BCUT2D eigenvalue weighted by Gasteiger charge is 2.37. The largest absolute Gasteiger partial charge is 0.481 e. The van der Waals surface area contributed by atoms with Crippen LogP contribution in [0.2, 0.25) is 0 Å². The number of aliphatic carboxylic acids is 1. The molecule has 4 nitrogen and oxygen atoms in total. The molecule has 0 aromatic heterocycles. The zero-order chi connectivity index (χ0) is 13.1. The number of rotatable bonds is 4. The molecule has 17 heavy (non-hydrogen) atoms. The number of carbonyl (C=O) groups excluding carboxylic acids is 1. The third-order valence-electron chi connectivity index (χ3n) is 2.48. The van der Waals surface area contributed by atoms with E-state index in [0.717, 1.165) is 6.08 Å². The minimum absolute atomic E-state index is 0.386. The van der Waals surface area contributed by atoms with Crippen molar-refractivity contribution in [1.29, 1.82) is 0 Å². The first-order valence-corrected chi connectivity index (χ1v) is 5.76. The first kappa shape index (κ1) is 14.1. The molecule has 0 amide bonds. The lowest BCUT2D eigenvalue weighted by Gasteiger charge is -2.25. The Morgan fingerprint density at radius 2 is 2.18 bits per heavy atom. The fourth-order valence-electron chi connectivity index (χ4n) is 1.60. The fraction of sp³-hybridized carbons (Fsp3) is 0.455. The average Bonchev–Trinajstić information content (AvgIpc) is 2.28. The van der Waals surface area contributed by atoms with Gasteiger partial charge in [0.05, 0.1) is 11.8 Å². The van der Waals surface area contributed by atoms with Crippen molar-refractivity contribution in [3.05, 3.63) is 24.8 Å². The van der Waals surface area contributed by atoms with Crippen molar-refractivity contribution in [2.75, 3.05) is 0 Å². The molecule has 0 aromatic rings. The number of ether oxygens (including phenoxy) is 1. The van der Waals surface area contributed by atoms with Gasteiger partial charge >= 0.3 is 11.9 Å². The molecule has 6 heteroatoms. The van der Waals surface area contributed by atoms with Crippen LogP contribution < -0.4 is 0 Å². The van der Waals surface area contributed by atoms with E-state index < -0.39 is 28.3 Å². The van der Waals surface area contributed by atoms with Gasteiger partial charge in [0.2, 0.25) is 0 Å². The predicted octanol–water partition coefficient (Wildman–Crippen LogP) is 2.51. The summed E-state index contributed by atoms with van der Waals surface area (Å²) in [4.78, 5) is 22.7. The van der Waals surface area contributed by atoms with Crippen LogP contribution >= 0.6 is 23.2 Å². The number of carbonyl (C=O) groups is 2. The van der Waals surface area contributed by atoms with E-state index in [2.05, 4.69) is 6.58 Å². The molecule has 1 aliphatic carbocycles. The van der Waals surface area contributed by atoms with Crippen LogP contribution in [0.5, 0.6) is 0 Å². The molecule has 94 valence electrons. The standard InChI is InChI=1S/C11H12Cl2O4/c1-2-11(12,13)17-10(16)8-6-4-3-5-7(8)9(14)15/h2,4,6-8H,1,3,5H2,(H,14,15). The van der Waals surface area contributed by atoms with E-state index >= 15 is 0 Å². The summed E-state index contributed by atoms with van der Waals surface area (Å²) in [6.45, 7) is 3.31. The first-order chi connectivity index (χ1) is 7.87. The Morgan fingerprint density at radius 3 is 2.71 bits per heavy atom. The quantitative estimate of drug-likeness (QED) is 0.488. The topological polar surface area (TPSA) is 63.6 Å². The van der Waals surface area contributed by atoms with Crippen molar-refractivity contribution < 1.29 is 19.4 Å². The lowest BCUT2D eigenvalue weighted by atomic mass is 9.84. The van der Waals surface area contributed by atoms with Gasteiger partial charge < -0.3 is 9.84 Å². The molecule has 0 aromatic carbocycles. The molecular weight excluding hydrogens is 267 g/mol. The highest BCUT2D eigenvalue weighted by molar-refractivity contribution is 6.49. The van der Waals surface area contributed by atoms with E-state index in [9.17, 15) is 9.59 Å². The second kappa shape index (κ2) is 5.56. The maximum absolute atomic E-state index is 11.7. The van der Waals surface area contributed by atoms with Crippen LogP contribution in [-0.4, -0.2) is 21.6 Å². The van der Waals surface area contributed by atoms with Crippen molar-refractivity contribution in [2.45, 2.75) is 17.4 Å². The predicted molar refractivity (Wildman–Crippen MR) is 63.7 cm³/mol. The lowest BCUT2D eigenvalue weighted by Crippen LogP contribution is -2.34. The number of halogens is 2. The van der Waals surface area contributed by atoms with Gasteiger partial charge in [-0.15, -0.1) is 0 Å². The van der Waals surface area contributed by atoms with Crippen LogP contribution in [0.15, 0.2) is 24.8 Å². The molecule has 0 bridgehead atoms. The molecule has 1 aliphatic rings. The fourth-order valence-corrected chi connectivity index (χ4v) is 1.75. The van der Waals surface area contributed by atoms with Crippen molar-refractivity contribution in [2.24, 2.45) is 11.8 Å².